The molecule has 5 heteroatoms. The summed E-state index contributed by atoms with van der Waals surface area (Å²) >= 11 is 5.30. The van der Waals surface area contributed by atoms with E-state index in [0.717, 1.165) is 24.7 Å². The molecule has 0 aliphatic heterocycles. The van der Waals surface area contributed by atoms with Crippen LogP contribution in [0.2, 0.25) is 0 Å². The molecule has 0 radical (unpaired) electrons. The van der Waals surface area contributed by atoms with Gasteiger partial charge in [-0.25, -0.2) is 0 Å². The number of nitrogens with one attached hydrogen (secondary N) is 3. The zero-order valence-electron chi connectivity index (χ0n) is 14.0. The Morgan fingerprint density at radius 1 is 1.05 bits per heavy atom. The molecule has 2 fully saturated rings. The summed E-state index contributed by atoms with van der Waals surface area (Å²) in [4.78, 5) is 11.9. The van der Waals surface area contributed by atoms with E-state index in [1.165, 1.54) is 38.5 Å². The van der Waals surface area contributed by atoms with E-state index >= 15 is 0 Å². The third-order valence-corrected chi connectivity index (χ3v) is 5.81. The molecule has 1 amide bonds. The van der Waals surface area contributed by atoms with Crippen LogP contribution in [0.3, 0.4) is 0 Å². The van der Waals surface area contributed by atoms with Crippen LogP contribution in [0, 0.1) is 17.8 Å². The standard InChI is InChI=1S/C17H31N3OS/c1-12-6-5-9-15(13(12)2)18-17(22)20-19-16(21)11-10-14-7-3-4-8-14/h12-15H,3-11H2,1-2H3,(H,19,21)(H2,18,20,22)/t12-,13+,15-/m0/s1. The van der Waals surface area contributed by atoms with Gasteiger partial charge in [0.2, 0.25) is 5.91 Å². The Bertz CT molecular complexity index is 382. The van der Waals surface area contributed by atoms with Gasteiger partial charge in [-0.3, -0.25) is 15.6 Å². The highest BCUT2D eigenvalue weighted by molar-refractivity contribution is 7.80. The zero-order valence-corrected chi connectivity index (χ0v) is 14.8. The lowest BCUT2D eigenvalue weighted by atomic mass is 9.78. The first kappa shape index (κ1) is 17.5. The van der Waals surface area contributed by atoms with Crippen LogP contribution in [-0.2, 0) is 4.79 Å². The zero-order chi connectivity index (χ0) is 15.9. The minimum atomic E-state index is 0.0427. The van der Waals surface area contributed by atoms with Gasteiger partial charge in [0.05, 0.1) is 0 Å². The summed E-state index contributed by atoms with van der Waals surface area (Å²) in [5.74, 6) is 2.14. The molecular weight excluding hydrogens is 294 g/mol. The predicted molar refractivity (Wildman–Crippen MR) is 94.2 cm³/mol. The Morgan fingerprint density at radius 2 is 1.77 bits per heavy atom. The quantitative estimate of drug-likeness (QED) is 0.548. The third-order valence-electron chi connectivity index (χ3n) is 5.59. The topological polar surface area (TPSA) is 53.2 Å². The highest BCUT2D eigenvalue weighted by Crippen LogP contribution is 2.29. The summed E-state index contributed by atoms with van der Waals surface area (Å²) in [6.07, 6.45) is 10.5. The number of rotatable bonds is 4. The van der Waals surface area contributed by atoms with E-state index in [-0.39, 0.29) is 5.91 Å². The second-order valence-corrected chi connectivity index (χ2v) is 7.62. The molecular formula is C17H31N3OS. The summed E-state index contributed by atoms with van der Waals surface area (Å²) in [5.41, 5.74) is 5.59. The molecule has 3 atom stereocenters. The van der Waals surface area contributed by atoms with Crippen LogP contribution in [0.15, 0.2) is 0 Å². The van der Waals surface area contributed by atoms with Crippen molar-refractivity contribution >= 4 is 23.2 Å². The van der Waals surface area contributed by atoms with E-state index in [1.807, 2.05) is 0 Å². The molecule has 0 aromatic rings. The maximum Gasteiger partial charge on any atom is 0.238 e. The number of amides is 1. The van der Waals surface area contributed by atoms with Crippen LogP contribution in [-0.4, -0.2) is 17.1 Å². The number of hydrogen-bond donors (Lipinski definition) is 3. The predicted octanol–water partition coefficient (Wildman–Crippen LogP) is 3.28. The molecule has 126 valence electrons. The SMILES string of the molecule is C[C@H]1[C@@H](NC(=S)NNC(=O)CCC2CCCC2)CCC[C@@H]1C. The Labute approximate surface area is 140 Å². The van der Waals surface area contributed by atoms with Crippen molar-refractivity contribution in [1.29, 1.82) is 0 Å². The summed E-state index contributed by atoms with van der Waals surface area (Å²) in [6.45, 7) is 4.59. The van der Waals surface area contributed by atoms with Crippen molar-refractivity contribution in [2.75, 3.05) is 0 Å². The average Bonchev–Trinajstić information content (AvgIpc) is 3.01. The van der Waals surface area contributed by atoms with Crippen molar-refractivity contribution in [3.05, 3.63) is 0 Å². The van der Waals surface area contributed by atoms with Gasteiger partial charge in [0.15, 0.2) is 5.11 Å². The highest BCUT2D eigenvalue weighted by Gasteiger charge is 2.27. The van der Waals surface area contributed by atoms with E-state index in [9.17, 15) is 4.79 Å². The first-order chi connectivity index (χ1) is 10.6. The van der Waals surface area contributed by atoms with Crippen LogP contribution in [0.25, 0.3) is 0 Å². The van der Waals surface area contributed by atoms with Crippen molar-refractivity contribution in [3.63, 3.8) is 0 Å². The Morgan fingerprint density at radius 3 is 2.50 bits per heavy atom. The van der Waals surface area contributed by atoms with E-state index < -0.39 is 0 Å². The molecule has 4 nitrogen and oxygen atoms in total. The van der Waals surface area contributed by atoms with Gasteiger partial charge in [-0.1, -0.05) is 52.4 Å². The summed E-state index contributed by atoms with van der Waals surface area (Å²) in [7, 11) is 0. The molecule has 2 aliphatic rings. The number of hydrazine groups is 1. The van der Waals surface area contributed by atoms with Gasteiger partial charge >= 0.3 is 0 Å². The molecule has 0 unspecified atom stereocenters. The minimum absolute atomic E-state index is 0.0427. The number of thiocarbonyl (C=S) groups is 1. The van der Waals surface area contributed by atoms with E-state index in [2.05, 4.69) is 30.0 Å². The largest absolute Gasteiger partial charge is 0.358 e. The fourth-order valence-electron chi connectivity index (χ4n) is 3.81. The maximum atomic E-state index is 11.9. The first-order valence-electron chi connectivity index (χ1n) is 8.91. The molecule has 22 heavy (non-hydrogen) atoms. The average molecular weight is 326 g/mol. The van der Waals surface area contributed by atoms with E-state index in [4.69, 9.17) is 12.2 Å². The molecule has 0 aromatic heterocycles. The smallest absolute Gasteiger partial charge is 0.238 e. The normalized spacial score (nSPS) is 29.1. The van der Waals surface area contributed by atoms with Gasteiger partial charge < -0.3 is 5.32 Å². The van der Waals surface area contributed by atoms with E-state index in [0.29, 0.717) is 23.5 Å². The second kappa shape index (κ2) is 8.70. The van der Waals surface area contributed by atoms with Crippen molar-refractivity contribution < 1.29 is 4.79 Å². The summed E-state index contributed by atoms with van der Waals surface area (Å²) in [5, 5.41) is 3.90. The molecule has 2 rings (SSSR count). The van der Waals surface area contributed by atoms with Gasteiger partial charge in [0.1, 0.15) is 0 Å². The lowest BCUT2D eigenvalue weighted by Crippen LogP contribution is -2.52. The van der Waals surface area contributed by atoms with Crippen molar-refractivity contribution in [2.24, 2.45) is 17.8 Å². The Hall–Kier alpha value is -0.840. The lowest BCUT2D eigenvalue weighted by Gasteiger charge is -2.35. The molecule has 0 saturated heterocycles. The molecule has 0 heterocycles. The number of hydrogen-bond acceptors (Lipinski definition) is 2. The summed E-state index contributed by atoms with van der Waals surface area (Å²) in [6, 6.07) is 0.416. The molecule has 3 N–H and O–H groups in total. The van der Waals surface area contributed by atoms with E-state index in [1.54, 1.807) is 0 Å². The van der Waals surface area contributed by atoms with Gasteiger partial charge in [-0.2, -0.15) is 0 Å². The van der Waals surface area contributed by atoms with Gasteiger partial charge in [0.25, 0.3) is 0 Å². The fourth-order valence-corrected chi connectivity index (χ4v) is 4.02. The molecule has 2 saturated carbocycles. The van der Waals surface area contributed by atoms with Crippen molar-refractivity contribution in [1.82, 2.24) is 16.2 Å². The number of carbonyl (C=O) groups excluding carboxylic acids is 1. The number of carbonyl (C=O) groups is 1. The van der Waals surface area contributed by atoms with Crippen LogP contribution in [0.1, 0.15) is 71.6 Å². The monoisotopic (exact) mass is 325 g/mol. The summed E-state index contributed by atoms with van der Waals surface area (Å²) < 4.78 is 0. The van der Waals surface area contributed by atoms with Crippen LogP contribution in [0.4, 0.5) is 0 Å². The third kappa shape index (κ3) is 5.41. The highest BCUT2D eigenvalue weighted by atomic mass is 32.1. The van der Waals surface area contributed by atoms with Gasteiger partial charge in [-0.15, -0.1) is 0 Å². The second-order valence-electron chi connectivity index (χ2n) is 7.21. The molecule has 2 aliphatic carbocycles. The first-order valence-corrected chi connectivity index (χ1v) is 9.32. The molecule has 0 bridgehead atoms. The molecule has 0 spiro atoms. The van der Waals surface area contributed by atoms with Gasteiger partial charge in [0, 0.05) is 12.5 Å². The fraction of sp³-hybridized carbons (Fsp3) is 0.882. The van der Waals surface area contributed by atoms with Crippen molar-refractivity contribution in [3.8, 4) is 0 Å². The maximum absolute atomic E-state index is 11.9. The van der Waals surface area contributed by atoms with Crippen LogP contribution < -0.4 is 16.2 Å². The van der Waals surface area contributed by atoms with Crippen LogP contribution >= 0.6 is 12.2 Å². The van der Waals surface area contributed by atoms with Crippen LogP contribution in [0.5, 0.6) is 0 Å². The van der Waals surface area contributed by atoms with Crippen molar-refractivity contribution in [2.45, 2.75) is 77.7 Å². The van der Waals surface area contributed by atoms with Gasteiger partial charge in [-0.05, 0) is 42.8 Å². The lowest BCUT2D eigenvalue weighted by molar-refractivity contribution is -0.121. The Balaban J connectivity index is 1.61. The Kier molecular flexibility index (Phi) is 6.93. The minimum Gasteiger partial charge on any atom is -0.358 e. The molecule has 0 aromatic carbocycles.